The van der Waals surface area contributed by atoms with Crippen molar-refractivity contribution in [3.05, 3.63) is 40.8 Å². The Balaban J connectivity index is 1.84. The molecule has 0 amide bonds. The van der Waals surface area contributed by atoms with Crippen molar-refractivity contribution in [1.82, 2.24) is 4.98 Å². The number of aromatic nitrogens is 1. The predicted octanol–water partition coefficient (Wildman–Crippen LogP) is 4.83. The van der Waals surface area contributed by atoms with Crippen molar-refractivity contribution in [3.63, 3.8) is 0 Å². The first-order chi connectivity index (χ1) is 13.0. The van der Waals surface area contributed by atoms with Crippen molar-refractivity contribution in [2.75, 3.05) is 13.7 Å². The van der Waals surface area contributed by atoms with E-state index >= 15 is 0 Å². The van der Waals surface area contributed by atoms with Crippen LogP contribution in [0.25, 0.3) is 10.9 Å². The van der Waals surface area contributed by atoms with E-state index in [1.807, 2.05) is 25.1 Å². The molecular formula is C22H28N2O3. The van der Waals surface area contributed by atoms with Crippen LogP contribution in [-0.2, 0) is 11.2 Å². The van der Waals surface area contributed by atoms with E-state index in [0.29, 0.717) is 25.0 Å². The molecule has 1 aliphatic carbocycles. The fraction of sp³-hybridized carbons (Fsp3) is 0.455. The van der Waals surface area contributed by atoms with E-state index in [-0.39, 0.29) is 11.5 Å². The van der Waals surface area contributed by atoms with Crippen LogP contribution in [0.15, 0.2) is 34.5 Å². The molecule has 3 rings (SSSR count). The molecule has 27 heavy (non-hydrogen) atoms. The molecule has 0 aliphatic heterocycles. The van der Waals surface area contributed by atoms with Gasteiger partial charge in [0.1, 0.15) is 11.5 Å². The maximum absolute atomic E-state index is 12.3. The van der Waals surface area contributed by atoms with Gasteiger partial charge in [-0.15, -0.1) is 0 Å². The average Bonchev–Trinajstić information content (AvgIpc) is 2.96. The number of rotatable bonds is 6. The van der Waals surface area contributed by atoms with Crippen LogP contribution in [0.3, 0.4) is 0 Å². The predicted molar refractivity (Wildman–Crippen MR) is 109 cm³/mol. The first kappa shape index (κ1) is 19.2. The number of nitrogens with zero attached hydrogens (tertiary/aromatic N) is 1. The number of H-pyrrole nitrogens is 1. The molecule has 2 aromatic rings. The Morgan fingerprint density at radius 2 is 2.15 bits per heavy atom. The number of nitrogens with one attached hydrogen (secondary N) is 1. The van der Waals surface area contributed by atoms with Gasteiger partial charge in [0.05, 0.1) is 12.7 Å². The van der Waals surface area contributed by atoms with E-state index in [2.05, 4.69) is 11.9 Å². The zero-order chi connectivity index (χ0) is 19.4. The van der Waals surface area contributed by atoms with Crippen LogP contribution in [0, 0.1) is 6.92 Å². The second-order valence-corrected chi connectivity index (χ2v) is 7.07. The highest BCUT2D eigenvalue weighted by Crippen LogP contribution is 2.27. The van der Waals surface area contributed by atoms with Crippen LogP contribution in [0.5, 0.6) is 5.75 Å². The lowest BCUT2D eigenvalue weighted by molar-refractivity contribution is -0.115. The number of aryl methyl sites for hydroxylation is 1. The number of fused-ring (bicyclic) bond motifs is 1. The highest BCUT2D eigenvalue weighted by atomic mass is 16.5. The van der Waals surface area contributed by atoms with Gasteiger partial charge in [0.2, 0.25) is 0 Å². The van der Waals surface area contributed by atoms with Gasteiger partial charge in [-0.05, 0) is 56.4 Å². The van der Waals surface area contributed by atoms with Gasteiger partial charge in [0.15, 0.2) is 5.78 Å². The van der Waals surface area contributed by atoms with Crippen LogP contribution >= 0.6 is 0 Å². The summed E-state index contributed by atoms with van der Waals surface area (Å²) in [7, 11) is 1.67. The molecule has 5 nitrogen and oxygen atoms in total. The molecule has 5 heteroatoms. The Labute approximate surface area is 160 Å². The normalized spacial score (nSPS) is 18.3. The van der Waals surface area contributed by atoms with E-state index < -0.39 is 0 Å². The fourth-order valence-corrected chi connectivity index (χ4v) is 3.79. The number of Topliss-reactive ketones (excluding diaryl/α,β-unsaturated/α-hetero) is 1. The summed E-state index contributed by atoms with van der Waals surface area (Å²) in [6.07, 6.45) is 4.19. The molecular weight excluding hydrogens is 340 g/mol. The average molecular weight is 368 g/mol. The molecule has 1 aromatic carbocycles. The van der Waals surface area contributed by atoms with E-state index in [4.69, 9.17) is 9.73 Å². The third kappa shape index (κ3) is 4.07. The van der Waals surface area contributed by atoms with E-state index in [0.717, 1.165) is 53.7 Å². The topological polar surface area (TPSA) is 74.7 Å². The number of carbonyl (C=O) groups excluding carboxylic acids is 1. The summed E-state index contributed by atoms with van der Waals surface area (Å²) in [5, 5.41) is 11.4. The van der Waals surface area contributed by atoms with E-state index in [1.165, 1.54) is 5.56 Å². The summed E-state index contributed by atoms with van der Waals surface area (Å²) in [5.74, 6) is 1.06. The minimum absolute atomic E-state index is 0.0268. The summed E-state index contributed by atoms with van der Waals surface area (Å²) in [6.45, 7) is 4.66. The highest BCUT2D eigenvalue weighted by molar-refractivity contribution is 6.24. The molecule has 0 spiro atoms. The van der Waals surface area contributed by atoms with Gasteiger partial charge in [-0.2, -0.15) is 0 Å². The second kappa shape index (κ2) is 8.42. The van der Waals surface area contributed by atoms with Crippen molar-refractivity contribution < 1.29 is 14.6 Å². The molecule has 0 radical (unpaired) electrons. The Bertz CT molecular complexity index is 906. The Morgan fingerprint density at radius 3 is 2.89 bits per heavy atom. The van der Waals surface area contributed by atoms with Crippen molar-refractivity contribution in [2.45, 2.75) is 52.4 Å². The quantitative estimate of drug-likeness (QED) is 0.566. The number of methoxy groups -OCH3 is 1. The third-order valence-electron chi connectivity index (χ3n) is 5.15. The van der Waals surface area contributed by atoms with Gasteiger partial charge in [0, 0.05) is 41.7 Å². The molecule has 1 aromatic heterocycles. The number of benzene rings is 1. The summed E-state index contributed by atoms with van der Waals surface area (Å²) in [5.41, 5.74) is 4.68. The zero-order valence-electron chi connectivity index (χ0n) is 16.4. The molecule has 0 bridgehead atoms. The van der Waals surface area contributed by atoms with Crippen molar-refractivity contribution >= 4 is 22.4 Å². The van der Waals surface area contributed by atoms with Gasteiger partial charge in [-0.3, -0.25) is 9.79 Å². The number of ketones is 1. The lowest BCUT2D eigenvalue weighted by atomic mass is 9.89. The molecule has 0 saturated heterocycles. The summed E-state index contributed by atoms with van der Waals surface area (Å²) in [6, 6.07) is 6.02. The summed E-state index contributed by atoms with van der Waals surface area (Å²) < 4.78 is 5.35. The number of carbonyl (C=O) groups is 1. The molecule has 0 unspecified atom stereocenters. The Kier molecular flexibility index (Phi) is 5.99. The van der Waals surface area contributed by atoms with Crippen LogP contribution < -0.4 is 4.74 Å². The minimum atomic E-state index is 0.0268. The smallest absolute Gasteiger partial charge is 0.168 e. The van der Waals surface area contributed by atoms with Gasteiger partial charge < -0.3 is 14.8 Å². The fourth-order valence-electron chi connectivity index (χ4n) is 3.79. The molecule has 1 fully saturated rings. The van der Waals surface area contributed by atoms with Gasteiger partial charge in [-0.1, -0.05) is 6.92 Å². The van der Waals surface area contributed by atoms with Crippen molar-refractivity contribution in [2.24, 2.45) is 4.99 Å². The van der Waals surface area contributed by atoms with Gasteiger partial charge >= 0.3 is 0 Å². The second-order valence-electron chi connectivity index (χ2n) is 7.07. The van der Waals surface area contributed by atoms with E-state index in [1.54, 1.807) is 7.11 Å². The molecule has 0 atom stereocenters. The number of aliphatic imine (C=N–C) groups is 1. The van der Waals surface area contributed by atoms with Gasteiger partial charge in [0.25, 0.3) is 0 Å². The number of ether oxygens (including phenoxy) is 1. The first-order valence-electron chi connectivity index (χ1n) is 9.69. The van der Waals surface area contributed by atoms with Crippen molar-refractivity contribution in [3.8, 4) is 5.75 Å². The Hall–Kier alpha value is -2.56. The number of hydrogen-bond acceptors (Lipinski definition) is 4. The monoisotopic (exact) mass is 368 g/mol. The number of allylic oxidation sites excluding steroid dienone is 2. The maximum atomic E-state index is 12.3. The number of hydrogen-bond donors (Lipinski definition) is 2. The number of aliphatic hydroxyl groups excluding tert-OH is 1. The molecule has 1 aliphatic rings. The maximum Gasteiger partial charge on any atom is 0.168 e. The molecule has 1 saturated carbocycles. The summed E-state index contributed by atoms with van der Waals surface area (Å²) >= 11 is 0. The SMILES string of the molecule is CCCC(O)=C1C(=O)CCCC1=NCCc1c(C)[nH]c2ccc(OC)cc12. The van der Waals surface area contributed by atoms with Crippen LogP contribution in [-0.4, -0.2) is 35.2 Å². The summed E-state index contributed by atoms with van der Waals surface area (Å²) in [4.78, 5) is 20.4. The van der Waals surface area contributed by atoms with Gasteiger partial charge in [-0.25, -0.2) is 0 Å². The highest BCUT2D eigenvalue weighted by Gasteiger charge is 2.24. The van der Waals surface area contributed by atoms with E-state index in [9.17, 15) is 9.90 Å². The number of aliphatic hydroxyl groups is 1. The third-order valence-corrected chi connectivity index (χ3v) is 5.15. The molecule has 144 valence electrons. The number of aromatic amines is 1. The standard InChI is InChI=1S/C22H28N2O3/c1-4-6-20(25)22-19(7-5-8-21(22)26)23-12-11-16-14(2)24-18-10-9-15(27-3)13-17(16)18/h9-10,13,24-25H,4-8,11-12H2,1-3H3. The lowest BCUT2D eigenvalue weighted by Crippen LogP contribution is -2.21. The molecule has 1 heterocycles. The van der Waals surface area contributed by atoms with Crippen molar-refractivity contribution in [1.29, 1.82) is 0 Å². The minimum Gasteiger partial charge on any atom is -0.511 e. The lowest BCUT2D eigenvalue weighted by Gasteiger charge is -2.17. The largest absolute Gasteiger partial charge is 0.511 e. The van der Waals surface area contributed by atoms with Crippen LogP contribution in [0.2, 0.25) is 0 Å². The first-order valence-corrected chi connectivity index (χ1v) is 9.69. The van der Waals surface area contributed by atoms with Crippen LogP contribution in [0.4, 0.5) is 0 Å². The molecule has 2 N–H and O–H groups in total. The Morgan fingerprint density at radius 1 is 1.33 bits per heavy atom. The van der Waals surface area contributed by atoms with Crippen LogP contribution in [0.1, 0.15) is 50.3 Å². The zero-order valence-corrected chi connectivity index (χ0v) is 16.4.